The van der Waals surface area contributed by atoms with E-state index in [-0.39, 0.29) is 12.1 Å². The number of hydrogen-bond acceptors (Lipinski definition) is 3. The molecule has 0 aliphatic carbocycles. The lowest BCUT2D eigenvalue weighted by Crippen LogP contribution is -2.22. The molecule has 0 radical (unpaired) electrons. The van der Waals surface area contributed by atoms with Crippen molar-refractivity contribution in [3.8, 4) is 0 Å². The van der Waals surface area contributed by atoms with Crippen LogP contribution >= 0.6 is 11.6 Å². The van der Waals surface area contributed by atoms with Gasteiger partial charge in [0, 0.05) is 12.6 Å². The number of hydrogen-bond donors (Lipinski definition) is 1. The van der Waals surface area contributed by atoms with Gasteiger partial charge in [0.2, 0.25) is 0 Å². The minimum atomic E-state index is -0.681. The van der Waals surface area contributed by atoms with Gasteiger partial charge in [0.1, 0.15) is 6.10 Å². The summed E-state index contributed by atoms with van der Waals surface area (Å²) in [5.74, 6) is 0. The van der Waals surface area contributed by atoms with Crippen LogP contribution in [-0.2, 0) is 4.74 Å². The number of aromatic nitrogens is 2. The summed E-state index contributed by atoms with van der Waals surface area (Å²) < 4.78 is 7.24. The SMILES string of the molecule is CC(C)n1ncc(Cl)c1C(O)C1CCCO1. The molecule has 0 aromatic carbocycles. The number of aliphatic hydroxyl groups is 1. The maximum atomic E-state index is 10.2. The lowest BCUT2D eigenvalue weighted by atomic mass is 10.1. The van der Waals surface area contributed by atoms with Crippen LogP contribution in [0.1, 0.15) is 44.5 Å². The Labute approximate surface area is 100 Å². The van der Waals surface area contributed by atoms with E-state index < -0.39 is 6.10 Å². The predicted octanol–water partition coefficient (Wildman–Crippen LogP) is 2.33. The molecule has 16 heavy (non-hydrogen) atoms. The van der Waals surface area contributed by atoms with Crippen LogP contribution in [0.4, 0.5) is 0 Å². The highest BCUT2D eigenvalue weighted by atomic mass is 35.5. The lowest BCUT2D eigenvalue weighted by Gasteiger charge is -2.20. The van der Waals surface area contributed by atoms with Gasteiger partial charge in [-0.15, -0.1) is 0 Å². The maximum absolute atomic E-state index is 10.2. The van der Waals surface area contributed by atoms with Crippen molar-refractivity contribution in [2.24, 2.45) is 0 Å². The second-order valence-corrected chi connectivity index (χ2v) is 4.82. The summed E-state index contributed by atoms with van der Waals surface area (Å²) in [5.41, 5.74) is 0.670. The van der Waals surface area contributed by atoms with E-state index in [1.165, 1.54) is 0 Å². The first kappa shape index (κ1) is 11.9. The molecule has 5 heteroatoms. The Morgan fingerprint density at radius 3 is 2.94 bits per heavy atom. The molecule has 0 saturated carbocycles. The molecule has 1 aliphatic heterocycles. The highest BCUT2D eigenvalue weighted by molar-refractivity contribution is 6.31. The standard InChI is InChI=1S/C11H17ClN2O2/c1-7(2)14-10(8(12)6-13-14)11(15)9-4-3-5-16-9/h6-7,9,11,15H,3-5H2,1-2H3. The highest BCUT2D eigenvalue weighted by Crippen LogP contribution is 2.32. The van der Waals surface area contributed by atoms with Gasteiger partial charge >= 0.3 is 0 Å². The number of ether oxygens (including phenoxy) is 1. The van der Waals surface area contributed by atoms with Crippen molar-refractivity contribution in [2.75, 3.05) is 6.61 Å². The van der Waals surface area contributed by atoms with E-state index in [9.17, 15) is 5.11 Å². The third kappa shape index (κ3) is 2.10. The van der Waals surface area contributed by atoms with Crippen molar-refractivity contribution in [1.29, 1.82) is 0 Å². The van der Waals surface area contributed by atoms with Crippen LogP contribution in [0, 0.1) is 0 Å². The van der Waals surface area contributed by atoms with Gasteiger partial charge in [-0.1, -0.05) is 11.6 Å². The molecule has 2 heterocycles. The number of rotatable bonds is 3. The molecule has 0 amide bonds. The van der Waals surface area contributed by atoms with Crippen molar-refractivity contribution in [1.82, 2.24) is 9.78 Å². The summed E-state index contributed by atoms with van der Waals surface area (Å²) in [6.45, 7) is 4.74. The van der Waals surface area contributed by atoms with Gasteiger partial charge < -0.3 is 9.84 Å². The van der Waals surface area contributed by atoms with Crippen LogP contribution in [0.25, 0.3) is 0 Å². The molecule has 1 aromatic heterocycles. The fourth-order valence-corrected chi connectivity index (χ4v) is 2.31. The Morgan fingerprint density at radius 1 is 1.62 bits per heavy atom. The maximum Gasteiger partial charge on any atom is 0.123 e. The van der Waals surface area contributed by atoms with E-state index in [0.29, 0.717) is 10.7 Å². The molecule has 1 N–H and O–H groups in total. The molecule has 1 saturated heterocycles. The van der Waals surface area contributed by atoms with E-state index in [0.717, 1.165) is 19.4 Å². The molecular weight excluding hydrogens is 228 g/mol. The molecule has 2 unspecified atom stereocenters. The Morgan fingerprint density at radius 2 is 2.38 bits per heavy atom. The quantitative estimate of drug-likeness (QED) is 0.888. The van der Waals surface area contributed by atoms with Gasteiger partial charge in [-0.3, -0.25) is 4.68 Å². The van der Waals surface area contributed by atoms with Crippen LogP contribution in [0.2, 0.25) is 5.02 Å². The van der Waals surface area contributed by atoms with Gasteiger partial charge in [-0.05, 0) is 26.7 Å². The first-order chi connectivity index (χ1) is 7.61. The first-order valence-electron chi connectivity index (χ1n) is 5.64. The molecule has 4 nitrogen and oxygen atoms in total. The Kier molecular flexibility index (Phi) is 3.52. The predicted molar refractivity (Wildman–Crippen MR) is 61.6 cm³/mol. The molecule has 0 bridgehead atoms. The Bertz CT molecular complexity index is 359. The van der Waals surface area contributed by atoms with Crippen molar-refractivity contribution in [2.45, 2.75) is 44.9 Å². The molecule has 0 spiro atoms. The zero-order valence-electron chi connectivity index (χ0n) is 9.56. The van der Waals surface area contributed by atoms with E-state index in [1.54, 1.807) is 10.9 Å². The fourth-order valence-electron chi connectivity index (χ4n) is 2.07. The molecule has 90 valence electrons. The van der Waals surface area contributed by atoms with E-state index >= 15 is 0 Å². The van der Waals surface area contributed by atoms with Crippen LogP contribution in [0.3, 0.4) is 0 Å². The van der Waals surface area contributed by atoms with E-state index in [2.05, 4.69) is 5.10 Å². The highest BCUT2D eigenvalue weighted by Gasteiger charge is 2.30. The summed E-state index contributed by atoms with van der Waals surface area (Å²) in [5, 5.41) is 14.9. The summed E-state index contributed by atoms with van der Waals surface area (Å²) in [7, 11) is 0. The summed E-state index contributed by atoms with van der Waals surface area (Å²) in [6.07, 6.45) is 2.62. The van der Waals surface area contributed by atoms with Crippen LogP contribution in [0.15, 0.2) is 6.20 Å². The topological polar surface area (TPSA) is 47.3 Å². The van der Waals surface area contributed by atoms with Gasteiger partial charge in [-0.25, -0.2) is 0 Å². The van der Waals surface area contributed by atoms with Gasteiger partial charge in [0.05, 0.1) is 23.0 Å². The monoisotopic (exact) mass is 244 g/mol. The average molecular weight is 245 g/mol. The summed E-state index contributed by atoms with van der Waals surface area (Å²) in [6, 6.07) is 0.179. The lowest BCUT2D eigenvalue weighted by molar-refractivity contribution is -0.00737. The molecule has 2 atom stereocenters. The van der Waals surface area contributed by atoms with Crippen LogP contribution < -0.4 is 0 Å². The van der Waals surface area contributed by atoms with Gasteiger partial charge in [-0.2, -0.15) is 5.10 Å². The molecule has 2 rings (SSSR count). The van der Waals surface area contributed by atoms with Crippen LogP contribution in [-0.4, -0.2) is 27.6 Å². The third-order valence-electron chi connectivity index (χ3n) is 2.87. The van der Waals surface area contributed by atoms with Crippen molar-refractivity contribution in [3.63, 3.8) is 0 Å². The van der Waals surface area contributed by atoms with E-state index in [4.69, 9.17) is 16.3 Å². The normalized spacial score (nSPS) is 22.9. The molecule has 1 aromatic rings. The van der Waals surface area contributed by atoms with Crippen LogP contribution in [0.5, 0.6) is 0 Å². The second-order valence-electron chi connectivity index (χ2n) is 4.41. The molecule has 1 fully saturated rings. The largest absolute Gasteiger partial charge is 0.384 e. The fraction of sp³-hybridized carbons (Fsp3) is 0.727. The Hall–Kier alpha value is -0.580. The molecular formula is C11H17ClN2O2. The minimum absolute atomic E-state index is 0.147. The first-order valence-corrected chi connectivity index (χ1v) is 6.01. The summed E-state index contributed by atoms with van der Waals surface area (Å²) in [4.78, 5) is 0. The zero-order chi connectivity index (χ0) is 11.7. The van der Waals surface area contributed by atoms with Gasteiger partial charge in [0.25, 0.3) is 0 Å². The second kappa shape index (κ2) is 4.73. The average Bonchev–Trinajstić information content (AvgIpc) is 2.84. The summed E-state index contributed by atoms with van der Waals surface area (Å²) >= 11 is 6.06. The zero-order valence-corrected chi connectivity index (χ0v) is 10.3. The number of aliphatic hydroxyl groups excluding tert-OH is 1. The van der Waals surface area contributed by atoms with Crippen molar-refractivity contribution in [3.05, 3.63) is 16.9 Å². The smallest absolute Gasteiger partial charge is 0.123 e. The number of halogens is 1. The van der Waals surface area contributed by atoms with Crippen molar-refractivity contribution < 1.29 is 9.84 Å². The molecule has 1 aliphatic rings. The number of nitrogens with zero attached hydrogens (tertiary/aromatic N) is 2. The van der Waals surface area contributed by atoms with Gasteiger partial charge in [0.15, 0.2) is 0 Å². The minimum Gasteiger partial charge on any atom is -0.384 e. The van der Waals surface area contributed by atoms with Crippen molar-refractivity contribution >= 4 is 11.6 Å². The van der Waals surface area contributed by atoms with E-state index in [1.807, 2.05) is 13.8 Å². The Balaban J connectivity index is 2.27. The third-order valence-corrected chi connectivity index (χ3v) is 3.16.